The normalized spacial score (nSPS) is 38.3. The molecule has 1 aliphatic heterocycles. The first-order valence-corrected chi connectivity index (χ1v) is 10.1. The molecule has 154 valence electrons. The molecule has 8 heteroatoms. The summed E-state index contributed by atoms with van der Waals surface area (Å²) in [6.45, 7) is 7.15. The van der Waals surface area contributed by atoms with Crippen molar-refractivity contribution in [2.75, 3.05) is 13.7 Å². The van der Waals surface area contributed by atoms with E-state index in [1.807, 2.05) is 0 Å². The number of hydrogen-bond acceptors (Lipinski definition) is 5. The number of halogens is 1. The van der Waals surface area contributed by atoms with Gasteiger partial charge in [0.05, 0.1) is 24.3 Å². The molecule has 5 aliphatic rings. The minimum absolute atomic E-state index is 0. The molecule has 5 rings (SSSR count). The molecule has 0 aromatic heterocycles. The third-order valence-corrected chi connectivity index (χ3v) is 7.59. The molecule has 4 saturated carbocycles. The van der Waals surface area contributed by atoms with Crippen molar-refractivity contribution >= 4 is 25.4 Å². The van der Waals surface area contributed by atoms with Crippen LogP contribution in [0.2, 0.25) is 0 Å². The van der Waals surface area contributed by atoms with Crippen molar-refractivity contribution < 1.29 is 18.8 Å². The van der Waals surface area contributed by atoms with Crippen LogP contribution < -0.4 is 11.1 Å². The van der Waals surface area contributed by atoms with E-state index in [0.29, 0.717) is 17.3 Å². The lowest BCUT2D eigenvalue weighted by molar-refractivity contribution is -0.199. The van der Waals surface area contributed by atoms with Crippen molar-refractivity contribution in [1.82, 2.24) is 5.32 Å². The van der Waals surface area contributed by atoms with Gasteiger partial charge in [0.2, 0.25) is 5.91 Å². The Hall–Kier alpha value is -0.335. The van der Waals surface area contributed by atoms with Crippen molar-refractivity contribution in [3.63, 3.8) is 0 Å². The summed E-state index contributed by atoms with van der Waals surface area (Å²) in [5, 5.41) is 3.10. The fourth-order valence-corrected chi connectivity index (χ4v) is 5.57. The topological polar surface area (TPSA) is 82.8 Å². The van der Waals surface area contributed by atoms with Crippen LogP contribution in [0.3, 0.4) is 0 Å². The zero-order valence-electron chi connectivity index (χ0n) is 16.9. The van der Waals surface area contributed by atoms with E-state index >= 15 is 0 Å². The highest BCUT2D eigenvalue weighted by atomic mass is 35.5. The number of amides is 1. The maximum Gasteiger partial charge on any atom is 0.481 e. The van der Waals surface area contributed by atoms with E-state index in [1.54, 1.807) is 7.11 Å². The molecule has 0 radical (unpaired) electrons. The molecular formula is C19H34BClN2O4. The second kappa shape index (κ2) is 7.49. The number of nitrogens with two attached hydrogens (primary N) is 1. The lowest BCUT2D eigenvalue weighted by Crippen LogP contribution is -2.65. The maximum absolute atomic E-state index is 12.4. The summed E-state index contributed by atoms with van der Waals surface area (Å²) in [5.74, 6) is 1.58. The van der Waals surface area contributed by atoms with Crippen LogP contribution in [-0.4, -0.2) is 50.4 Å². The highest BCUT2D eigenvalue weighted by Gasteiger charge is 2.68. The summed E-state index contributed by atoms with van der Waals surface area (Å²) >= 11 is 0. The Kier molecular flexibility index (Phi) is 5.93. The van der Waals surface area contributed by atoms with Crippen LogP contribution in [-0.2, 0) is 18.8 Å². The van der Waals surface area contributed by atoms with Crippen LogP contribution >= 0.6 is 12.4 Å². The molecule has 2 bridgehead atoms. The first-order valence-electron chi connectivity index (χ1n) is 10.1. The van der Waals surface area contributed by atoms with Crippen molar-refractivity contribution in [3.8, 4) is 0 Å². The van der Waals surface area contributed by atoms with Gasteiger partial charge in [-0.25, -0.2) is 0 Å². The van der Waals surface area contributed by atoms with Crippen molar-refractivity contribution in [2.24, 2.45) is 28.9 Å². The number of nitrogens with one attached hydrogen (secondary N) is 1. The SMILES string of the molecule is COCC(N)C(=O)NC(CC1CC1)B1O[C@@H]2C[C@@H]3C[C@@H](C3(C)C)[C@]2(C)O1.Cl. The summed E-state index contributed by atoms with van der Waals surface area (Å²) in [5.41, 5.74) is 5.98. The molecule has 1 saturated heterocycles. The smallest absolute Gasteiger partial charge is 0.404 e. The largest absolute Gasteiger partial charge is 0.481 e. The molecule has 0 aromatic carbocycles. The Morgan fingerprint density at radius 1 is 1.33 bits per heavy atom. The Labute approximate surface area is 169 Å². The van der Waals surface area contributed by atoms with Crippen LogP contribution in [0.5, 0.6) is 0 Å². The summed E-state index contributed by atoms with van der Waals surface area (Å²) in [7, 11) is 1.18. The molecule has 0 aromatic rings. The van der Waals surface area contributed by atoms with Crippen LogP contribution in [0, 0.1) is 23.2 Å². The zero-order valence-corrected chi connectivity index (χ0v) is 17.7. The number of methoxy groups -OCH3 is 1. The van der Waals surface area contributed by atoms with E-state index in [4.69, 9.17) is 19.8 Å². The third kappa shape index (κ3) is 3.66. The second-order valence-corrected chi connectivity index (χ2v) is 9.69. The zero-order chi connectivity index (χ0) is 18.7. The quantitative estimate of drug-likeness (QED) is 0.638. The minimum Gasteiger partial charge on any atom is -0.404 e. The third-order valence-electron chi connectivity index (χ3n) is 7.59. The molecule has 27 heavy (non-hydrogen) atoms. The molecule has 6 atom stereocenters. The molecule has 0 spiro atoms. The number of rotatable bonds is 7. The molecule has 1 heterocycles. The molecule has 3 N–H and O–H groups in total. The highest BCUT2D eigenvalue weighted by molar-refractivity contribution is 6.47. The number of carbonyl (C=O) groups excluding carboxylic acids is 1. The Morgan fingerprint density at radius 2 is 2.04 bits per heavy atom. The fourth-order valence-electron chi connectivity index (χ4n) is 5.57. The van der Waals surface area contributed by atoms with E-state index in [0.717, 1.165) is 18.8 Å². The van der Waals surface area contributed by atoms with Crippen LogP contribution in [0.1, 0.15) is 52.9 Å². The minimum atomic E-state index is -0.660. The van der Waals surface area contributed by atoms with Gasteiger partial charge in [-0.3, -0.25) is 4.79 Å². The molecule has 6 nitrogen and oxygen atoms in total. The summed E-state index contributed by atoms with van der Waals surface area (Å²) < 4.78 is 18.0. The number of hydrogen-bond donors (Lipinski definition) is 2. The standard InChI is InChI=1S/C19H33BN2O4.ClH/c1-18(2)12-8-14(18)19(3)15(9-12)25-20(26-19)16(7-11-5-6-11)22-17(23)13(21)10-24-4;/h11-16H,5-10,21H2,1-4H3,(H,22,23);1H/t12-,13?,14-,15+,16?,19-;/m0./s1. The van der Waals surface area contributed by atoms with Gasteiger partial charge in [-0.2, -0.15) is 0 Å². The van der Waals surface area contributed by atoms with Gasteiger partial charge in [-0.05, 0) is 49.4 Å². The first-order chi connectivity index (χ1) is 12.3. The molecule has 2 unspecified atom stereocenters. The van der Waals surface area contributed by atoms with Crippen LogP contribution in [0.15, 0.2) is 0 Å². The predicted octanol–water partition coefficient (Wildman–Crippen LogP) is 1.93. The van der Waals surface area contributed by atoms with Crippen molar-refractivity contribution in [3.05, 3.63) is 0 Å². The highest BCUT2D eigenvalue weighted by Crippen LogP contribution is 2.65. The Balaban J connectivity index is 0.00000210. The van der Waals surface area contributed by atoms with Crippen LogP contribution in [0.25, 0.3) is 0 Å². The fraction of sp³-hybridized carbons (Fsp3) is 0.947. The van der Waals surface area contributed by atoms with E-state index in [2.05, 4.69) is 26.1 Å². The van der Waals surface area contributed by atoms with Crippen molar-refractivity contribution in [2.45, 2.75) is 76.6 Å². The molecular weight excluding hydrogens is 366 g/mol. The van der Waals surface area contributed by atoms with Gasteiger partial charge in [-0.1, -0.05) is 26.7 Å². The first kappa shape index (κ1) is 21.4. The average Bonchev–Trinajstić information content (AvgIpc) is 3.31. The second-order valence-electron chi connectivity index (χ2n) is 9.69. The Bertz CT molecular complexity index is 576. The maximum atomic E-state index is 12.4. The van der Waals surface area contributed by atoms with Gasteiger partial charge in [0.25, 0.3) is 0 Å². The Morgan fingerprint density at radius 3 is 2.63 bits per heavy atom. The van der Waals surface area contributed by atoms with Gasteiger partial charge < -0.3 is 25.1 Å². The monoisotopic (exact) mass is 400 g/mol. The number of ether oxygens (including phenoxy) is 1. The molecule has 4 aliphatic carbocycles. The summed E-state index contributed by atoms with van der Waals surface area (Å²) in [4.78, 5) is 12.4. The van der Waals surface area contributed by atoms with E-state index in [-0.39, 0.29) is 49.7 Å². The lowest BCUT2D eigenvalue weighted by Gasteiger charge is -2.64. The average molecular weight is 401 g/mol. The van der Waals surface area contributed by atoms with E-state index < -0.39 is 6.04 Å². The van der Waals surface area contributed by atoms with Crippen LogP contribution in [0.4, 0.5) is 0 Å². The van der Waals surface area contributed by atoms with Gasteiger partial charge >= 0.3 is 7.12 Å². The van der Waals surface area contributed by atoms with E-state index in [9.17, 15) is 4.79 Å². The predicted molar refractivity (Wildman–Crippen MR) is 106 cm³/mol. The number of carbonyl (C=O) groups is 1. The lowest BCUT2D eigenvalue weighted by atomic mass is 9.43. The van der Waals surface area contributed by atoms with Gasteiger partial charge in [-0.15, -0.1) is 12.4 Å². The summed E-state index contributed by atoms with van der Waals surface area (Å²) in [6.07, 6.45) is 5.77. The molecule has 1 amide bonds. The van der Waals surface area contributed by atoms with Crippen molar-refractivity contribution in [1.29, 1.82) is 0 Å². The molecule has 5 fully saturated rings. The van der Waals surface area contributed by atoms with Gasteiger partial charge in [0.15, 0.2) is 0 Å². The van der Waals surface area contributed by atoms with E-state index in [1.165, 1.54) is 19.3 Å². The van der Waals surface area contributed by atoms with Gasteiger partial charge in [0.1, 0.15) is 6.04 Å². The summed E-state index contributed by atoms with van der Waals surface area (Å²) in [6, 6.07) is -0.660. The van der Waals surface area contributed by atoms with Gasteiger partial charge in [0, 0.05) is 7.11 Å².